The summed E-state index contributed by atoms with van der Waals surface area (Å²) < 4.78 is 5.14. The maximum Gasteiger partial charge on any atom is 0.414 e. The standard InChI is InChI=1S/C15H22N2O3/c1-5-7-11(2)14(18)16-12-8-6-9-13(10-12)20-15(19)17(3)4/h6,8-11H,5,7H2,1-4H3,(H,16,18). The first kappa shape index (κ1) is 16.0. The van der Waals surface area contributed by atoms with Gasteiger partial charge >= 0.3 is 6.09 Å². The minimum atomic E-state index is -0.451. The minimum absolute atomic E-state index is 0.0251. The molecule has 0 aliphatic carbocycles. The zero-order valence-corrected chi connectivity index (χ0v) is 12.5. The lowest BCUT2D eigenvalue weighted by Crippen LogP contribution is -2.25. The summed E-state index contributed by atoms with van der Waals surface area (Å²) in [6, 6.07) is 6.81. The summed E-state index contributed by atoms with van der Waals surface area (Å²) >= 11 is 0. The third-order valence-electron chi connectivity index (χ3n) is 2.84. The van der Waals surface area contributed by atoms with Crippen molar-refractivity contribution in [2.45, 2.75) is 26.7 Å². The molecule has 1 N–H and O–H groups in total. The molecule has 110 valence electrons. The molecular formula is C15H22N2O3. The van der Waals surface area contributed by atoms with Gasteiger partial charge in [0.05, 0.1) is 0 Å². The second kappa shape index (κ2) is 7.53. The summed E-state index contributed by atoms with van der Waals surface area (Å²) in [5.74, 6) is 0.348. The van der Waals surface area contributed by atoms with Crippen molar-refractivity contribution in [2.75, 3.05) is 19.4 Å². The Morgan fingerprint density at radius 1 is 1.35 bits per heavy atom. The molecule has 0 aliphatic rings. The van der Waals surface area contributed by atoms with E-state index >= 15 is 0 Å². The Bertz CT molecular complexity index is 472. The number of hydrogen-bond acceptors (Lipinski definition) is 3. The predicted octanol–water partition coefficient (Wildman–Crippen LogP) is 3.12. The monoisotopic (exact) mass is 278 g/mol. The second-order valence-electron chi connectivity index (χ2n) is 4.97. The molecule has 0 saturated carbocycles. The molecule has 1 unspecified atom stereocenters. The molecule has 0 heterocycles. The summed E-state index contributed by atoms with van der Waals surface area (Å²) in [5.41, 5.74) is 0.627. The van der Waals surface area contributed by atoms with E-state index in [4.69, 9.17) is 4.74 Å². The Kier molecular flexibility index (Phi) is 6.03. The van der Waals surface area contributed by atoms with Crippen molar-refractivity contribution in [3.8, 4) is 5.75 Å². The van der Waals surface area contributed by atoms with E-state index in [1.807, 2.05) is 13.8 Å². The topological polar surface area (TPSA) is 58.6 Å². The zero-order valence-electron chi connectivity index (χ0n) is 12.5. The number of rotatable bonds is 5. The van der Waals surface area contributed by atoms with Crippen LogP contribution in [0.2, 0.25) is 0 Å². The first-order valence-electron chi connectivity index (χ1n) is 6.74. The number of carbonyl (C=O) groups excluding carboxylic acids is 2. The van der Waals surface area contributed by atoms with Crippen LogP contribution in [0.3, 0.4) is 0 Å². The largest absolute Gasteiger partial charge is 0.414 e. The number of nitrogens with one attached hydrogen (secondary N) is 1. The Labute approximate surface area is 119 Å². The van der Waals surface area contributed by atoms with Crippen molar-refractivity contribution in [3.05, 3.63) is 24.3 Å². The number of ether oxygens (including phenoxy) is 1. The van der Waals surface area contributed by atoms with E-state index in [9.17, 15) is 9.59 Å². The molecule has 0 radical (unpaired) electrons. The maximum absolute atomic E-state index is 11.9. The van der Waals surface area contributed by atoms with Gasteiger partial charge in [0, 0.05) is 31.8 Å². The molecule has 5 nitrogen and oxygen atoms in total. The zero-order chi connectivity index (χ0) is 15.1. The van der Waals surface area contributed by atoms with Crippen LogP contribution in [0.5, 0.6) is 5.75 Å². The average Bonchev–Trinajstić information content (AvgIpc) is 2.39. The molecule has 0 aromatic heterocycles. The van der Waals surface area contributed by atoms with Crippen LogP contribution in [-0.4, -0.2) is 31.0 Å². The van der Waals surface area contributed by atoms with Gasteiger partial charge in [0.2, 0.25) is 5.91 Å². The van der Waals surface area contributed by atoms with Gasteiger partial charge in [-0.05, 0) is 18.6 Å². The van der Waals surface area contributed by atoms with Gasteiger partial charge < -0.3 is 15.0 Å². The molecule has 1 aromatic rings. The summed E-state index contributed by atoms with van der Waals surface area (Å²) in [5, 5.41) is 2.83. The van der Waals surface area contributed by atoms with Crippen LogP contribution in [0.4, 0.5) is 10.5 Å². The quantitative estimate of drug-likeness (QED) is 0.900. The van der Waals surface area contributed by atoms with Crippen LogP contribution in [0, 0.1) is 5.92 Å². The fourth-order valence-corrected chi connectivity index (χ4v) is 1.66. The van der Waals surface area contributed by atoms with Crippen molar-refractivity contribution >= 4 is 17.7 Å². The van der Waals surface area contributed by atoms with Crippen molar-refractivity contribution in [2.24, 2.45) is 5.92 Å². The molecular weight excluding hydrogens is 256 g/mol. The minimum Gasteiger partial charge on any atom is -0.410 e. The van der Waals surface area contributed by atoms with E-state index in [2.05, 4.69) is 5.32 Å². The molecule has 1 atom stereocenters. The van der Waals surface area contributed by atoms with E-state index in [1.54, 1.807) is 38.4 Å². The van der Waals surface area contributed by atoms with Crippen LogP contribution in [0.15, 0.2) is 24.3 Å². The summed E-state index contributed by atoms with van der Waals surface area (Å²) in [6.45, 7) is 3.94. The van der Waals surface area contributed by atoms with E-state index in [-0.39, 0.29) is 11.8 Å². The van der Waals surface area contributed by atoms with Gasteiger partial charge in [-0.25, -0.2) is 4.79 Å². The van der Waals surface area contributed by atoms with Crippen molar-refractivity contribution in [1.29, 1.82) is 0 Å². The van der Waals surface area contributed by atoms with E-state index in [1.165, 1.54) is 4.90 Å². The maximum atomic E-state index is 11.9. The van der Waals surface area contributed by atoms with Crippen LogP contribution in [0.25, 0.3) is 0 Å². The third-order valence-corrected chi connectivity index (χ3v) is 2.84. The molecule has 2 amide bonds. The molecule has 0 fully saturated rings. The van der Waals surface area contributed by atoms with Gasteiger partial charge in [-0.3, -0.25) is 4.79 Å². The Balaban J connectivity index is 2.68. The highest BCUT2D eigenvalue weighted by Crippen LogP contribution is 2.19. The van der Waals surface area contributed by atoms with Gasteiger partial charge in [-0.15, -0.1) is 0 Å². The van der Waals surface area contributed by atoms with Crippen LogP contribution < -0.4 is 10.1 Å². The molecule has 0 aliphatic heterocycles. The molecule has 0 spiro atoms. The molecule has 0 saturated heterocycles. The van der Waals surface area contributed by atoms with E-state index < -0.39 is 6.09 Å². The molecule has 1 aromatic carbocycles. The first-order chi connectivity index (χ1) is 9.43. The first-order valence-corrected chi connectivity index (χ1v) is 6.74. The van der Waals surface area contributed by atoms with Crippen molar-refractivity contribution in [3.63, 3.8) is 0 Å². The van der Waals surface area contributed by atoms with E-state index in [0.717, 1.165) is 12.8 Å². The second-order valence-corrected chi connectivity index (χ2v) is 4.97. The highest BCUT2D eigenvalue weighted by Gasteiger charge is 2.12. The number of hydrogen-bond donors (Lipinski definition) is 1. The summed E-state index contributed by atoms with van der Waals surface area (Å²) in [4.78, 5) is 24.7. The van der Waals surface area contributed by atoms with Gasteiger partial charge in [0.15, 0.2) is 0 Å². The van der Waals surface area contributed by atoms with Gasteiger partial charge in [-0.2, -0.15) is 0 Å². The number of amides is 2. The number of benzene rings is 1. The third kappa shape index (κ3) is 4.91. The molecule has 0 bridgehead atoms. The number of carbonyl (C=O) groups is 2. The van der Waals surface area contributed by atoms with Crippen LogP contribution in [-0.2, 0) is 4.79 Å². The average molecular weight is 278 g/mol. The number of nitrogens with zero attached hydrogens (tertiary/aromatic N) is 1. The molecule has 20 heavy (non-hydrogen) atoms. The van der Waals surface area contributed by atoms with Crippen LogP contribution in [0.1, 0.15) is 26.7 Å². The Morgan fingerprint density at radius 3 is 2.65 bits per heavy atom. The van der Waals surface area contributed by atoms with Gasteiger partial charge in [0.25, 0.3) is 0 Å². The summed E-state index contributed by atoms with van der Waals surface area (Å²) in [6.07, 6.45) is 1.36. The lowest BCUT2D eigenvalue weighted by molar-refractivity contribution is -0.119. The van der Waals surface area contributed by atoms with Crippen molar-refractivity contribution in [1.82, 2.24) is 4.90 Å². The molecule has 1 rings (SSSR count). The normalized spacial score (nSPS) is 11.6. The molecule has 5 heteroatoms. The van der Waals surface area contributed by atoms with E-state index in [0.29, 0.717) is 11.4 Å². The summed E-state index contributed by atoms with van der Waals surface area (Å²) in [7, 11) is 3.22. The van der Waals surface area contributed by atoms with Crippen molar-refractivity contribution < 1.29 is 14.3 Å². The van der Waals surface area contributed by atoms with Crippen LogP contribution >= 0.6 is 0 Å². The Morgan fingerprint density at radius 2 is 2.05 bits per heavy atom. The highest BCUT2D eigenvalue weighted by atomic mass is 16.6. The smallest absolute Gasteiger partial charge is 0.410 e. The lowest BCUT2D eigenvalue weighted by Gasteiger charge is -2.13. The fraction of sp³-hybridized carbons (Fsp3) is 0.467. The number of anilines is 1. The highest BCUT2D eigenvalue weighted by molar-refractivity contribution is 5.92. The Hall–Kier alpha value is -2.04. The predicted molar refractivity (Wildman–Crippen MR) is 78.9 cm³/mol. The fourth-order valence-electron chi connectivity index (χ4n) is 1.66. The SMILES string of the molecule is CCCC(C)C(=O)Nc1cccc(OC(=O)N(C)C)c1. The van der Waals surface area contributed by atoms with Gasteiger partial charge in [0.1, 0.15) is 5.75 Å². The van der Waals surface area contributed by atoms with Gasteiger partial charge in [-0.1, -0.05) is 26.3 Å². The lowest BCUT2D eigenvalue weighted by atomic mass is 10.1.